The van der Waals surface area contributed by atoms with Crippen LogP contribution in [0.3, 0.4) is 0 Å². The molecule has 0 bridgehead atoms. The first-order valence-electron chi connectivity index (χ1n) is 28.2. The maximum atomic E-state index is 13.2. The van der Waals surface area contributed by atoms with Crippen LogP contribution in [-0.4, -0.2) is 110 Å². The van der Waals surface area contributed by atoms with Crippen molar-refractivity contribution in [1.82, 2.24) is 5.32 Å². The molecule has 0 aromatic rings. The summed E-state index contributed by atoms with van der Waals surface area (Å²) in [6.45, 7) is 3.46. The van der Waals surface area contributed by atoms with Gasteiger partial charge in [0.05, 0.1) is 25.4 Å². The third kappa shape index (κ3) is 34.5. The molecule has 396 valence electrons. The highest BCUT2D eigenvalue weighted by Gasteiger charge is 2.44. The highest BCUT2D eigenvalue weighted by atomic mass is 16.7. The van der Waals surface area contributed by atoms with Gasteiger partial charge >= 0.3 is 0 Å². The zero-order chi connectivity index (χ0) is 49.0. The fourth-order valence-electron chi connectivity index (χ4n) is 9.11. The molecule has 1 heterocycles. The van der Waals surface area contributed by atoms with Gasteiger partial charge in [0.1, 0.15) is 36.6 Å². The molecule has 67 heavy (non-hydrogen) atoms. The number of unbranched alkanes of at least 4 members (excludes halogenated alkanes) is 32. The van der Waals surface area contributed by atoms with Crippen LogP contribution in [0, 0.1) is 0 Å². The molecule has 0 saturated carbocycles. The number of hydrogen-bond donors (Lipinski definition) is 8. The van der Waals surface area contributed by atoms with Gasteiger partial charge in [-0.15, -0.1) is 0 Å². The lowest BCUT2D eigenvalue weighted by atomic mass is 9.98. The van der Waals surface area contributed by atoms with Crippen LogP contribution in [0.5, 0.6) is 0 Å². The van der Waals surface area contributed by atoms with Crippen molar-refractivity contribution in [3.05, 3.63) is 24.3 Å². The van der Waals surface area contributed by atoms with E-state index < -0.39 is 74.2 Å². The third-order valence-corrected chi connectivity index (χ3v) is 13.7. The van der Waals surface area contributed by atoms with E-state index in [4.69, 9.17) is 9.47 Å². The number of nitrogens with one attached hydrogen (secondary N) is 1. The van der Waals surface area contributed by atoms with Gasteiger partial charge in [-0.05, 0) is 51.4 Å². The minimum absolute atomic E-state index is 0.249. The van der Waals surface area contributed by atoms with Crippen LogP contribution in [0.4, 0.5) is 0 Å². The van der Waals surface area contributed by atoms with Gasteiger partial charge in [-0.3, -0.25) is 4.79 Å². The second kappa shape index (κ2) is 45.7. The summed E-state index contributed by atoms with van der Waals surface area (Å²) in [5.41, 5.74) is 0. The average molecular weight is 954 g/mol. The Labute approximate surface area is 410 Å². The summed E-state index contributed by atoms with van der Waals surface area (Å²) in [4.78, 5) is 13.2. The van der Waals surface area contributed by atoms with E-state index in [1.165, 1.54) is 173 Å². The first kappa shape index (κ1) is 63.6. The molecule has 11 heteroatoms. The van der Waals surface area contributed by atoms with Crippen LogP contribution in [0.1, 0.15) is 258 Å². The zero-order valence-electron chi connectivity index (χ0n) is 43.1. The van der Waals surface area contributed by atoms with Gasteiger partial charge in [0.25, 0.3) is 0 Å². The van der Waals surface area contributed by atoms with Gasteiger partial charge < -0.3 is 50.5 Å². The van der Waals surface area contributed by atoms with Crippen molar-refractivity contribution in [1.29, 1.82) is 0 Å². The molecule has 0 aliphatic carbocycles. The molecule has 1 fully saturated rings. The smallest absolute Gasteiger partial charge is 0.249 e. The Kier molecular flexibility index (Phi) is 43.4. The first-order chi connectivity index (χ1) is 32.7. The van der Waals surface area contributed by atoms with Crippen molar-refractivity contribution < 1.29 is 50.0 Å². The Morgan fingerprint density at radius 3 is 1.33 bits per heavy atom. The van der Waals surface area contributed by atoms with E-state index in [0.717, 1.165) is 38.5 Å². The lowest BCUT2D eigenvalue weighted by molar-refractivity contribution is -0.303. The van der Waals surface area contributed by atoms with Gasteiger partial charge in [-0.2, -0.15) is 0 Å². The molecule has 1 saturated heterocycles. The van der Waals surface area contributed by atoms with Crippen LogP contribution >= 0.6 is 0 Å². The Morgan fingerprint density at radius 2 is 0.896 bits per heavy atom. The van der Waals surface area contributed by atoms with Crippen LogP contribution in [0.15, 0.2) is 24.3 Å². The summed E-state index contributed by atoms with van der Waals surface area (Å²) < 4.78 is 11.1. The van der Waals surface area contributed by atoms with E-state index in [2.05, 4.69) is 43.5 Å². The van der Waals surface area contributed by atoms with Crippen molar-refractivity contribution in [3.8, 4) is 0 Å². The SMILES string of the molecule is CCCCCCCCCCCCCC/C=C/CC/C=C/CCCC(O)C(O)C(COC1OC(CO)C(O)C(O)C1O)NC(=O)C(O)CCCCCCCCCCCCCCCCCCCCC. The topological polar surface area (TPSA) is 189 Å². The standard InChI is InChI=1S/C56H107NO10/c1-3-5-7-9-11-13-15-17-19-21-23-24-26-27-29-31-33-35-37-39-41-43-48(59)51(61)47(46-66-56-54(64)53(63)52(62)50(45-58)67-56)57-55(65)49(60)44-42-40-38-36-34-32-30-28-25-22-20-18-16-14-12-10-8-6-4-2/h27,29,35,37,47-54,56,58-64H,3-26,28,30-34,36,38-46H2,1-2H3,(H,57,65)/b29-27+,37-35+. The van der Waals surface area contributed by atoms with Crippen LogP contribution in [0.2, 0.25) is 0 Å². The lowest BCUT2D eigenvalue weighted by Crippen LogP contribution is -2.60. The minimum atomic E-state index is -1.67. The molecule has 11 nitrogen and oxygen atoms in total. The van der Waals surface area contributed by atoms with Gasteiger partial charge in [-0.25, -0.2) is 0 Å². The van der Waals surface area contributed by atoms with Crippen molar-refractivity contribution in [2.75, 3.05) is 13.2 Å². The Bertz CT molecular complexity index is 1140. The summed E-state index contributed by atoms with van der Waals surface area (Å²) in [5, 5.41) is 76.0. The average Bonchev–Trinajstić information content (AvgIpc) is 3.33. The van der Waals surface area contributed by atoms with E-state index >= 15 is 0 Å². The number of rotatable bonds is 48. The number of carbonyl (C=O) groups excluding carboxylic acids is 1. The molecule has 0 aromatic carbocycles. The van der Waals surface area contributed by atoms with E-state index in [1.54, 1.807) is 0 Å². The van der Waals surface area contributed by atoms with Gasteiger partial charge in [0.2, 0.25) is 5.91 Å². The van der Waals surface area contributed by atoms with Crippen molar-refractivity contribution in [2.45, 2.75) is 313 Å². The second-order valence-corrected chi connectivity index (χ2v) is 20.0. The predicted octanol–water partition coefficient (Wildman–Crippen LogP) is 11.3. The van der Waals surface area contributed by atoms with Crippen LogP contribution in [0.25, 0.3) is 0 Å². The Balaban J connectivity index is 2.37. The summed E-state index contributed by atoms with van der Waals surface area (Å²) in [6, 6.07) is -1.19. The largest absolute Gasteiger partial charge is 0.394 e. The maximum absolute atomic E-state index is 13.2. The number of carbonyl (C=O) groups is 1. The van der Waals surface area contributed by atoms with Crippen molar-refractivity contribution in [2.24, 2.45) is 0 Å². The zero-order valence-corrected chi connectivity index (χ0v) is 43.1. The highest BCUT2D eigenvalue weighted by molar-refractivity contribution is 5.80. The summed E-state index contributed by atoms with van der Waals surface area (Å²) in [5.74, 6) is -0.706. The molecule has 1 amide bonds. The molecule has 0 aromatic heterocycles. The minimum Gasteiger partial charge on any atom is -0.394 e. The third-order valence-electron chi connectivity index (χ3n) is 13.7. The summed E-state index contributed by atoms with van der Waals surface area (Å²) in [6.07, 6.45) is 42.3. The molecular weight excluding hydrogens is 847 g/mol. The van der Waals surface area contributed by atoms with E-state index in [0.29, 0.717) is 19.3 Å². The molecule has 1 rings (SSSR count). The number of hydrogen-bond acceptors (Lipinski definition) is 10. The molecule has 1 aliphatic heterocycles. The van der Waals surface area contributed by atoms with E-state index in [-0.39, 0.29) is 12.8 Å². The molecule has 8 N–H and O–H groups in total. The van der Waals surface area contributed by atoms with Crippen LogP contribution < -0.4 is 5.32 Å². The molecule has 1 aliphatic rings. The fraction of sp³-hybridized carbons (Fsp3) is 0.911. The predicted molar refractivity (Wildman–Crippen MR) is 275 cm³/mol. The molecule has 0 radical (unpaired) electrons. The fourth-order valence-corrected chi connectivity index (χ4v) is 9.11. The molecule has 9 unspecified atom stereocenters. The molecule has 0 spiro atoms. The summed E-state index contributed by atoms with van der Waals surface area (Å²) in [7, 11) is 0. The monoisotopic (exact) mass is 954 g/mol. The van der Waals surface area contributed by atoms with Gasteiger partial charge in [0, 0.05) is 0 Å². The normalized spacial score (nSPS) is 20.8. The lowest BCUT2D eigenvalue weighted by Gasteiger charge is -2.40. The van der Waals surface area contributed by atoms with E-state index in [1.807, 2.05) is 0 Å². The van der Waals surface area contributed by atoms with Crippen LogP contribution in [-0.2, 0) is 14.3 Å². The summed E-state index contributed by atoms with van der Waals surface area (Å²) >= 11 is 0. The van der Waals surface area contributed by atoms with Gasteiger partial charge in [0.15, 0.2) is 6.29 Å². The second-order valence-electron chi connectivity index (χ2n) is 20.0. The van der Waals surface area contributed by atoms with Crippen molar-refractivity contribution in [3.63, 3.8) is 0 Å². The van der Waals surface area contributed by atoms with Gasteiger partial charge in [-0.1, -0.05) is 231 Å². The number of aliphatic hydroxyl groups excluding tert-OH is 7. The molecule has 9 atom stereocenters. The maximum Gasteiger partial charge on any atom is 0.249 e. The van der Waals surface area contributed by atoms with E-state index in [9.17, 15) is 40.5 Å². The first-order valence-corrected chi connectivity index (χ1v) is 28.2. The molecular formula is C56H107NO10. The number of amides is 1. The van der Waals surface area contributed by atoms with Crippen molar-refractivity contribution >= 4 is 5.91 Å². The highest BCUT2D eigenvalue weighted by Crippen LogP contribution is 2.23. The number of aliphatic hydroxyl groups is 7. The number of allylic oxidation sites excluding steroid dienone is 4. The number of ether oxygens (including phenoxy) is 2. The Morgan fingerprint density at radius 1 is 0.507 bits per heavy atom. The Hall–Kier alpha value is -1.41. The quantitative estimate of drug-likeness (QED) is 0.0215.